The molecule has 0 aliphatic heterocycles. The summed E-state index contributed by atoms with van der Waals surface area (Å²) in [5.41, 5.74) is 0. The van der Waals surface area contributed by atoms with Crippen LogP contribution in [-0.4, -0.2) is 40.5 Å². The summed E-state index contributed by atoms with van der Waals surface area (Å²) in [5.74, 6) is 0.209. The van der Waals surface area contributed by atoms with Crippen molar-refractivity contribution in [1.29, 1.82) is 0 Å². The molecule has 1 unspecified atom stereocenters. The largest absolute Gasteiger partial charge is 0.369 e. The van der Waals surface area contributed by atoms with E-state index in [4.69, 9.17) is 7.74 Å². The summed E-state index contributed by atoms with van der Waals surface area (Å²) in [4.78, 5) is 11.0. The van der Waals surface area contributed by atoms with Gasteiger partial charge in [0.25, 0.3) is 0 Å². The van der Waals surface area contributed by atoms with Crippen LogP contribution in [0.3, 0.4) is 0 Å². The molecule has 0 aliphatic carbocycles. The maximum atomic E-state index is 11.0. The lowest BCUT2D eigenvalue weighted by atomic mass is 9.67. The highest BCUT2D eigenvalue weighted by Gasteiger charge is 2.09. The van der Waals surface area contributed by atoms with Gasteiger partial charge in [-0.3, -0.25) is 4.79 Å². The van der Waals surface area contributed by atoms with E-state index in [0.29, 0.717) is 0 Å². The van der Waals surface area contributed by atoms with Crippen molar-refractivity contribution in [2.24, 2.45) is 0 Å². The Hall–Kier alpha value is -0.280. The molecule has 0 spiro atoms. The minimum Gasteiger partial charge on any atom is -0.369 e. The normalized spacial score (nSPS) is 12.5. The van der Waals surface area contributed by atoms with E-state index < -0.39 is 0 Å². The molecule has 0 aromatic heterocycles. The van der Waals surface area contributed by atoms with Gasteiger partial charge in [0, 0.05) is 7.74 Å². The Balaban J connectivity index is 3.33. The van der Waals surface area contributed by atoms with Crippen LogP contribution in [0.5, 0.6) is 0 Å². The van der Waals surface area contributed by atoms with Gasteiger partial charge in [0.05, 0.1) is 6.04 Å². The Morgan fingerprint density at radius 2 is 2.23 bits per heavy atom. The van der Waals surface area contributed by atoms with Crippen LogP contribution < -0.4 is 10.5 Å². The summed E-state index contributed by atoms with van der Waals surface area (Å²) < 4.78 is 0. The third-order valence-electron chi connectivity index (χ3n) is 2.02. The highest BCUT2D eigenvalue weighted by atomic mass is 16.1. The fourth-order valence-corrected chi connectivity index (χ4v) is 1.21. The lowest BCUT2D eigenvalue weighted by Crippen LogP contribution is -2.32. The number of unbranched alkanes of at least 4 members (excludes halogenated alkanes) is 1. The molecule has 0 bridgehead atoms. The summed E-state index contributed by atoms with van der Waals surface area (Å²) in [6.07, 6.45) is 2.98. The molecule has 5 heteroatoms. The van der Waals surface area contributed by atoms with Crippen LogP contribution in [0.1, 0.15) is 26.2 Å². The number of nitrogens with one attached hydrogen (secondary N) is 2. The van der Waals surface area contributed by atoms with E-state index in [1.807, 2.05) is 7.05 Å². The van der Waals surface area contributed by atoms with Gasteiger partial charge in [-0.2, -0.15) is 0 Å². The summed E-state index contributed by atoms with van der Waals surface area (Å²) in [7, 11) is 8.40. The molecule has 71 valence electrons. The molecule has 0 amide bonds. The molecule has 0 saturated carbocycles. The number of hydrogen-bond donors (Lipinski definition) is 2. The Morgan fingerprint density at radius 3 is 2.69 bits per heavy atom. The number of hydrogen-bond acceptors (Lipinski definition) is 3. The molecule has 13 heavy (non-hydrogen) atoms. The van der Waals surface area contributed by atoms with Crippen molar-refractivity contribution in [3.63, 3.8) is 0 Å². The van der Waals surface area contributed by atoms with Crippen molar-refractivity contribution in [3.05, 3.63) is 0 Å². The first-order chi connectivity index (χ1) is 6.22. The molecule has 1 atom stereocenters. The Labute approximate surface area is 82.7 Å². The number of Topliss-reactive ketones (excluding diaryl/α,β-unsaturated/α-hetero) is 1. The fourth-order valence-electron chi connectivity index (χ4n) is 1.21. The number of carbonyl (C=O) groups excluding carboxylic acids is 1. The van der Waals surface area contributed by atoms with Gasteiger partial charge in [0.1, 0.15) is 13.1 Å². The topological polar surface area (TPSA) is 41.1 Å². The summed E-state index contributed by atoms with van der Waals surface area (Å²) in [5, 5.41) is 5.91. The van der Waals surface area contributed by atoms with E-state index >= 15 is 0 Å². The van der Waals surface area contributed by atoms with Crippen molar-refractivity contribution < 1.29 is 4.79 Å². The maximum absolute atomic E-state index is 11.0. The van der Waals surface area contributed by atoms with Crippen LogP contribution in [-0.2, 0) is 4.79 Å². The van der Waals surface area contributed by atoms with Crippen LogP contribution in [0, 0.1) is 0 Å². The Morgan fingerprint density at radius 1 is 1.54 bits per heavy atom. The van der Waals surface area contributed by atoms with Crippen LogP contribution in [0.2, 0.25) is 0 Å². The van der Waals surface area contributed by atoms with E-state index in [1.165, 1.54) is 7.31 Å². The van der Waals surface area contributed by atoms with E-state index in [0.717, 1.165) is 25.8 Å². The minimum absolute atomic E-state index is 0.0156. The van der Waals surface area contributed by atoms with Crippen molar-refractivity contribution in [2.45, 2.75) is 32.2 Å². The van der Waals surface area contributed by atoms with E-state index in [9.17, 15) is 4.79 Å². The summed E-state index contributed by atoms with van der Waals surface area (Å²) in [6.45, 7) is 2.50. The summed E-state index contributed by atoms with van der Waals surface area (Å²) in [6, 6.07) is 0.0156. The third kappa shape index (κ3) is 6.84. The van der Waals surface area contributed by atoms with Gasteiger partial charge in [-0.1, -0.05) is 6.42 Å². The molecule has 0 aliphatic rings. The molecule has 0 fully saturated rings. The molecular weight excluding hydrogens is 162 g/mol. The zero-order valence-electron chi connectivity index (χ0n) is 8.47. The molecule has 0 heterocycles. The first-order valence-electron chi connectivity index (χ1n) is 4.67. The maximum Gasteiger partial charge on any atom is 0.146 e. The van der Waals surface area contributed by atoms with Crippen LogP contribution in [0.4, 0.5) is 0 Å². The number of rotatable bonds is 8. The summed E-state index contributed by atoms with van der Waals surface area (Å²) >= 11 is 0. The van der Waals surface area contributed by atoms with Gasteiger partial charge >= 0.3 is 0 Å². The van der Waals surface area contributed by atoms with Gasteiger partial charge in [-0.25, -0.2) is 0 Å². The van der Waals surface area contributed by atoms with Crippen LogP contribution in [0.15, 0.2) is 0 Å². The zero-order valence-corrected chi connectivity index (χ0v) is 8.47. The second-order valence-corrected chi connectivity index (χ2v) is 3.07. The highest BCUT2D eigenvalue weighted by Crippen LogP contribution is 2.00. The van der Waals surface area contributed by atoms with Gasteiger partial charge in [-0.15, -0.1) is 0 Å². The van der Waals surface area contributed by atoms with Gasteiger partial charge in [-0.05, 0) is 33.4 Å². The Bertz CT molecular complexity index is 144. The van der Waals surface area contributed by atoms with Gasteiger partial charge in [0.2, 0.25) is 0 Å². The van der Waals surface area contributed by atoms with Crippen molar-refractivity contribution in [2.75, 3.05) is 13.6 Å². The highest BCUT2D eigenvalue weighted by molar-refractivity contribution is 6.87. The molecular formula is C8H17B2N2O. The number of ketones is 1. The smallest absolute Gasteiger partial charge is 0.146 e. The fraction of sp³-hybridized carbons (Fsp3) is 0.875. The molecule has 3 radical (unpaired) electrons. The lowest BCUT2D eigenvalue weighted by molar-refractivity contribution is -0.119. The van der Waals surface area contributed by atoms with E-state index in [2.05, 4.69) is 10.5 Å². The monoisotopic (exact) mass is 179 g/mol. The van der Waals surface area contributed by atoms with Crippen molar-refractivity contribution in [3.8, 4) is 0 Å². The standard InChI is InChI=1S/C8H17B2N2O/c1-7(13)8(11-2)5-3-4-6-12-10-9/h8,11-12H,3-6H2,1-2H3. The predicted octanol–water partition coefficient (Wildman–Crippen LogP) is -0.374. The van der Waals surface area contributed by atoms with E-state index in [1.54, 1.807) is 6.92 Å². The van der Waals surface area contributed by atoms with Crippen molar-refractivity contribution in [1.82, 2.24) is 10.5 Å². The third-order valence-corrected chi connectivity index (χ3v) is 2.02. The molecule has 3 nitrogen and oxygen atoms in total. The van der Waals surface area contributed by atoms with Gasteiger partial charge in [0.15, 0.2) is 0 Å². The average molecular weight is 179 g/mol. The van der Waals surface area contributed by atoms with Crippen LogP contribution >= 0.6 is 0 Å². The van der Waals surface area contributed by atoms with Crippen LogP contribution in [0.25, 0.3) is 0 Å². The Kier molecular flexibility index (Phi) is 8.14. The molecule has 0 aromatic rings. The van der Waals surface area contributed by atoms with E-state index in [-0.39, 0.29) is 11.8 Å². The second kappa shape index (κ2) is 8.32. The number of likely N-dealkylation sites (N-methyl/N-ethyl adjacent to an activating group) is 1. The second-order valence-electron chi connectivity index (χ2n) is 3.07. The first kappa shape index (κ1) is 12.7. The quantitative estimate of drug-likeness (QED) is 0.394. The average Bonchev–Trinajstić information content (AvgIpc) is 2.10. The molecule has 0 saturated heterocycles. The number of carbonyl (C=O) groups is 1. The lowest BCUT2D eigenvalue weighted by Gasteiger charge is -2.11. The first-order valence-corrected chi connectivity index (χ1v) is 4.67. The predicted molar refractivity (Wildman–Crippen MR) is 56.9 cm³/mol. The zero-order chi connectivity index (χ0) is 10.1. The molecule has 0 aromatic carbocycles. The molecule has 2 N–H and O–H groups in total. The SMILES string of the molecule is [B][B]NCCCCC(NC)C(C)=O. The molecule has 0 rings (SSSR count). The van der Waals surface area contributed by atoms with Crippen molar-refractivity contribution >= 4 is 20.8 Å². The van der Waals surface area contributed by atoms with Gasteiger partial charge < -0.3 is 10.5 Å². The minimum atomic E-state index is 0.0156.